The number of hydrogen-bond acceptors (Lipinski definition) is 3. The van der Waals surface area contributed by atoms with Crippen molar-refractivity contribution in [2.45, 2.75) is 96.6 Å². The minimum Gasteiger partial charge on any atom is -0.479 e. The van der Waals surface area contributed by atoms with Crippen LogP contribution in [0.5, 0.6) is 0 Å². The fourth-order valence-corrected chi connectivity index (χ4v) is 3.25. The van der Waals surface area contributed by atoms with Crippen molar-refractivity contribution in [3.8, 4) is 0 Å². The van der Waals surface area contributed by atoms with Crippen molar-refractivity contribution >= 4 is 12.1 Å². The van der Waals surface area contributed by atoms with Gasteiger partial charge in [0.05, 0.1) is 0 Å². The molecule has 1 aliphatic heterocycles. The molecule has 5 nitrogen and oxygen atoms in total. The van der Waals surface area contributed by atoms with Crippen molar-refractivity contribution in [2.75, 3.05) is 6.54 Å². The van der Waals surface area contributed by atoms with E-state index in [0.717, 1.165) is 25.7 Å². The summed E-state index contributed by atoms with van der Waals surface area (Å²) in [6.07, 6.45) is 7.91. The second-order valence-electron chi connectivity index (χ2n) is 7.59. The summed E-state index contributed by atoms with van der Waals surface area (Å²) >= 11 is 0. The van der Waals surface area contributed by atoms with Crippen molar-refractivity contribution in [1.82, 2.24) is 4.90 Å². The lowest BCUT2D eigenvalue weighted by Gasteiger charge is -2.36. The third-order valence-electron chi connectivity index (χ3n) is 4.44. The highest BCUT2D eigenvalue weighted by Crippen LogP contribution is 2.36. The van der Waals surface area contributed by atoms with Crippen molar-refractivity contribution in [3.05, 3.63) is 0 Å². The van der Waals surface area contributed by atoms with Crippen LogP contribution in [0.1, 0.15) is 85.5 Å². The Bertz CT molecular complexity index is 402. The highest BCUT2D eigenvalue weighted by atomic mass is 16.6. The molecule has 0 bridgehead atoms. The molecule has 0 radical (unpaired) electrons. The van der Waals surface area contributed by atoms with Gasteiger partial charge in [0.25, 0.3) is 0 Å². The number of hydrogen-bond donors (Lipinski definition) is 1. The van der Waals surface area contributed by atoms with Gasteiger partial charge in [0.2, 0.25) is 0 Å². The zero-order valence-electron chi connectivity index (χ0n) is 15.2. The first-order valence-electron chi connectivity index (χ1n) is 8.97. The van der Waals surface area contributed by atoms with E-state index in [2.05, 4.69) is 6.92 Å². The molecule has 1 aliphatic rings. The number of carbonyl (C=O) groups excluding carboxylic acids is 1. The van der Waals surface area contributed by atoms with E-state index in [1.165, 1.54) is 24.2 Å². The van der Waals surface area contributed by atoms with E-state index in [-0.39, 0.29) is 0 Å². The van der Waals surface area contributed by atoms with Crippen LogP contribution in [0.4, 0.5) is 4.79 Å². The van der Waals surface area contributed by atoms with Gasteiger partial charge in [-0.2, -0.15) is 0 Å². The van der Waals surface area contributed by atoms with Gasteiger partial charge in [-0.1, -0.05) is 45.4 Å². The van der Waals surface area contributed by atoms with Crippen LogP contribution in [0.25, 0.3) is 0 Å². The van der Waals surface area contributed by atoms with Crippen LogP contribution in [-0.2, 0) is 9.53 Å². The lowest BCUT2D eigenvalue weighted by molar-refractivity contribution is -0.150. The summed E-state index contributed by atoms with van der Waals surface area (Å²) in [6, 6.07) is 0. The van der Waals surface area contributed by atoms with Crippen molar-refractivity contribution in [3.63, 3.8) is 0 Å². The number of aliphatic carboxylic acids is 1. The standard InChI is InChI=1S/C18H33NO4/c1-5-6-7-8-9-10-12-18(15(20)21)13-11-14-19(18)16(22)23-17(2,3)4/h5-14H2,1-4H3,(H,20,21)/t18-/m0/s1. The van der Waals surface area contributed by atoms with Gasteiger partial charge in [-0.15, -0.1) is 0 Å². The molecule has 0 aromatic rings. The number of ether oxygens (including phenoxy) is 1. The molecule has 1 fully saturated rings. The van der Waals surface area contributed by atoms with Gasteiger partial charge in [0.15, 0.2) is 0 Å². The Hall–Kier alpha value is -1.26. The normalized spacial score (nSPS) is 21.5. The van der Waals surface area contributed by atoms with Crippen LogP contribution in [0, 0.1) is 0 Å². The SMILES string of the molecule is CCCCCCCC[C@@]1(C(=O)O)CCCN1C(=O)OC(C)(C)C. The van der Waals surface area contributed by atoms with Crippen molar-refractivity contribution in [2.24, 2.45) is 0 Å². The summed E-state index contributed by atoms with van der Waals surface area (Å²) in [5.74, 6) is -0.894. The predicted molar refractivity (Wildman–Crippen MR) is 90.5 cm³/mol. The third kappa shape index (κ3) is 5.70. The second-order valence-corrected chi connectivity index (χ2v) is 7.59. The maximum absolute atomic E-state index is 12.4. The quantitative estimate of drug-likeness (QED) is 0.662. The van der Waals surface area contributed by atoms with E-state index < -0.39 is 23.2 Å². The van der Waals surface area contributed by atoms with Crippen molar-refractivity contribution < 1.29 is 19.4 Å². The van der Waals surface area contributed by atoms with Crippen LogP contribution in [0.2, 0.25) is 0 Å². The van der Waals surface area contributed by atoms with Crippen LogP contribution in [0.3, 0.4) is 0 Å². The van der Waals surface area contributed by atoms with Gasteiger partial charge in [0, 0.05) is 6.54 Å². The molecule has 1 saturated heterocycles. The van der Waals surface area contributed by atoms with Crippen LogP contribution < -0.4 is 0 Å². The summed E-state index contributed by atoms with van der Waals surface area (Å²) in [4.78, 5) is 25.8. The molecule has 134 valence electrons. The highest BCUT2D eigenvalue weighted by Gasteiger charge is 2.50. The molecular weight excluding hydrogens is 294 g/mol. The zero-order chi connectivity index (χ0) is 17.5. The summed E-state index contributed by atoms with van der Waals surface area (Å²) in [5.41, 5.74) is -1.68. The van der Waals surface area contributed by atoms with E-state index in [9.17, 15) is 14.7 Å². The fraction of sp³-hybridized carbons (Fsp3) is 0.889. The minimum atomic E-state index is -1.08. The smallest absolute Gasteiger partial charge is 0.411 e. The predicted octanol–water partition coefficient (Wildman–Crippen LogP) is 4.59. The van der Waals surface area contributed by atoms with Crippen LogP contribution in [0.15, 0.2) is 0 Å². The Morgan fingerprint density at radius 2 is 1.74 bits per heavy atom. The maximum Gasteiger partial charge on any atom is 0.411 e. The molecule has 0 aromatic heterocycles. The molecular formula is C18H33NO4. The number of carboxylic acids is 1. The maximum atomic E-state index is 12.4. The minimum absolute atomic E-state index is 0.469. The van der Waals surface area contributed by atoms with Gasteiger partial charge in [0.1, 0.15) is 11.1 Å². The largest absolute Gasteiger partial charge is 0.479 e. The molecule has 0 saturated carbocycles. The number of carbonyl (C=O) groups is 2. The number of carboxylic acid groups (broad SMARTS) is 1. The van der Waals surface area contributed by atoms with Crippen LogP contribution in [-0.4, -0.2) is 39.8 Å². The fourth-order valence-electron chi connectivity index (χ4n) is 3.25. The number of nitrogens with zero attached hydrogens (tertiary/aromatic N) is 1. The van der Waals surface area contributed by atoms with E-state index in [1.807, 2.05) is 0 Å². The van der Waals surface area contributed by atoms with Gasteiger partial charge in [-0.05, 0) is 40.0 Å². The molecule has 0 spiro atoms. The second kappa shape index (κ2) is 8.55. The van der Waals surface area contributed by atoms with Gasteiger partial charge < -0.3 is 9.84 Å². The number of rotatable bonds is 8. The number of likely N-dealkylation sites (tertiary alicyclic amines) is 1. The zero-order valence-corrected chi connectivity index (χ0v) is 15.2. The summed E-state index contributed by atoms with van der Waals surface area (Å²) in [5, 5.41) is 9.77. The first-order chi connectivity index (χ1) is 10.7. The topological polar surface area (TPSA) is 66.8 Å². The molecule has 1 atom stereocenters. The highest BCUT2D eigenvalue weighted by molar-refractivity contribution is 5.85. The molecule has 0 unspecified atom stereocenters. The molecule has 1 amide bonds. The number of amides is 1. The molecule has 23 heavy (non-hydrogen) atoms. The first-order valence-corrected chi connectivity index (χ1v) is 8.97. The molecule has 1 rings (SSSR count). The number of unbranched alkanes of at least 4 members (excludes halogenated alkanes) is 5. The average molecular weight is 327 g/mol. The lowest BCUT2D eigenvalue weighted by Crippen LogP contribution is -2.54. The summed E-state index contributed by atoms with van der Waals surface area (Å²) in [7, 11) is 0. The van der Waals surface area contributed by atoms with Gasteiger partial charge in [-0.25, -0.2) is 9.59 Å². The van der Waals surface area contributed by atoms with Gasteiger partial charge >= 0.3 is 12.1 Å². The Labute approximate surface area is 140 Å². The summed E-state index contributed by atoms with van der Waals surface area (Å²) in [6.45, 7) is 8.05. The van der Waals surface area contributed by atoms with Crippen molar-refractivity contribution in [1.29, 1.82) is 0 Å². The molecule has 0 aromatic carbocycles. The van der Waals surface area contributed by atoms with Gasteiger partial charge in [-0.3, -0.25) is 4.90 Å². The average Bonchev–Trinajstić information content (AvgIpc) is 2.86. The molecule has 0 aliphatic carbocycles. The Morgan fingerprint density at radius 1 is 1.13 bits per heavy atom. The Balaban J connectivity index is 2.66. The molecule has 1 heterocycles. The third-order valence-corrected chi connectivity index (χ3v) is 4.44. The monoisotopic (exact) mass is 327 g/mol. The van der Waals surface area contributed by atoms with E-state index >= 15 is 0 Å². The first kappa shape index (κ1) is 19.8. The molecule has 1 N–H and O–H groups in total. The van der Waals surface area contributed by atoms with E-state index in [4.69, 9.17) is 4.74 Å². The van der Waals surface area contributed by atoms with E-state index in [1.54, 1.807) is 20.8 Å². The van der Waals surface area contributed by atoms with E-state index in [0.29, 0.717) is 19.4 Å². The molecule has 5 heteroatoms. The summed E-state index contributed by atoms with van der Waals surface area (Å²) < 4.78 is 5.41. The van der Waals surface area contributed by atoms with Crippen LogP contribution >= 0.6 is 0 Å². The Kier molecular flexibility index (Phi) is 7.36. The Morgan fingerprint density at radius 3 is 2.30 bits per heavy atom. The lowest BCUT2D eigenvalue weighted by atomic mass is 9.89.